The van der Waals surface area contributed by atoms with E-state index in [1.807, 2.05) is 4.90 Å². The number of carbonyl (C=O) groups excluding carboxylic acids is 1. The van der Waals surface area contributed by atoms with Gasteiger partial charge in [0, 0.05) is 37.9 Å². The fourth-order valence-corrected chi connectivity index (χ4v) is 3.83. The summed E-state index contributed by atoms with van der Waals surface area (Å²) in [6.07, 6.45) is 3.48. The van der Waals surface area contributed by atoms with Crippen molar-refractivity contribution < 1.29 is 18.3 Å². The van der Waals surface area contributed by atoms with Crippen LogP contribution in [0.4, 0.5) is 8.78 Å². The summed E-state index contributed by atoms with van der Waals surface area (Å²) < 4.78 is 33.1. The largest absolute Gasteiger partial charge is 0.467 e. The van der Waals surface area contributed by atoms with Gasteiger partial charge in [0.25, 0.3) is 5.19 Å². The van der Waals surface area contributed by atoms with Crippen LogP contribution in [0.5, 0.6) is 5.19 Å². The van der Waals surface area contributed by atoms with Gasteiger partial charge in [-0.1, -0.05) is 11.3 Å². The Labute approximate surface area is 136 Å². The van der Waals surface area contributed by atoms with Crippen molar-refractivity contribution in [3.05, 3.63) is 23.8 Å². The van der Waals surface area contributed by atoms with Gasteiger partial charge in [0.2, 0.25) is 5.91 Å². The topological polar surface area (TPSA) is 42.4 Å². The number of rotatable bonds is 3. The van der Waals surface area contributed by atoms with Gasteiger partial charge in [-0.05, 0) is 18.9 Å². The SMILES string of the molecule is O=C(C1CC1)N1CCC(Oc2nc3c(F)cc(F)cc3s2)CC1. The van der Waals surface area contributed by atoms with Crippen molar-refractivity contribution in [3.8, 4) is 5.19 Å². The Kier molecular flexibility index (Phi) is 3.67. The first-order chi connectivity index (χ1) is 11.1. The van der Waals surface area contributed by atoms with Gasteiger partial charge in [0.15, 0.2) is 5.82 Å². The van der Waals surface area contributed by atoms with Crippen molar-refractivity contribution in [2.24, 2.45) is 5.92 Å². The van der Waals surface area contributed by atoms with E-state index < -0.39 is 11.6 Å². The molecule has 1 aliphatic heterocycles. The van der Waals surface area contributed by atoms with Crippen LogP contribution in [0.3, 0.4) is 0 Å². The van der Waals surface area contributed by atoms with Gasteiger partial charge in [-0.15, -0.1) is 0 Å². The molecule has 0 radical (unpaired) electrons. The molecule has 7 heteroatoms. The lowest BCUT2D eigenvalue weighted by atomic mass is 10.1. The Morgan fingerprint density at radius 2 is 1.96 bits per heavy atom. The summed E-state index contributed by atoms with van der Waals surface area (Å²) in [5.41, 5.74) is 0.146. The van der Waals surface area contributed by atoms with Crippen molar-refractivity contribution in [2.45, 2.75) is 31.8 Å². The maximum atomic E-state index is 13.7. The molecule has 23 heavy (non-hydrogen) atoms. The Morgan fingerprint density at radius 3 is 2.65 bits per heavy atom. The molecule has 2 fully saturated rings. The normalized spacial score (nSPS) is 19.3. The molecule has 0 bridgehead atoms. The fourth-order valence-electron chi connectivity index (χ4n) is 2.91. The van der Waals surface area contributed by atoms with Crippen LogP contribution in [-0.4, -0.2) is 35.0 Å². The van der Waals surface area contributed by atoms with Crippen molar-refractivity contribution in [1.29, 1.82) is 0 Å². The number of fused-ring (bicyclic) bond motifs is 1. The maximum absolute atomic E-state index is 13.7. The molecular formula is C16H16F2N2O2S. The van der Waals surface area contributed by atoms with E-state index in [0.29, 0.717) is 23.0 Å². The summed E-state index contributed by atoms with van der Waals surface area (Å²) in [7, 11) is 0. The number of halogens is 2. The van der Waals surface area contributed by atoms with Gasteiger partial charge in [-0.3, -0.25) is 4.79 Å². The van der Waals surface area contributed by atoms with E-state index in [-0.39, 0.29) is 23.4 Å². The molecule has 2 aliphatic rings. The standard InChI is InChI=1S/C16H16F2N2O2S/c17-10-7-12(18)14-13(8-10)23-16(19-14)22-11-3-5-20(6-4-11)15(21)9-1-2-9/h7-9,11H,1-6H2. The molecule has 4 nitrogen and oxygen atoms in total. The number of carbonyl (C=O) groups is 1. The monoisotopic (exact) mass is 338 g/mol. The quantitative estimate of drug-likeness (QED) is 0.862. The van der Waals surface area contributed by atoms with Crippen LogP contribution in [0.25, 0.3) is 10.2 Å². The number of ether oxygens (including phenoxy) is 1. The molecule has 1 saturated carbocycles. The molecule has 0 spiro atoms. The predicted octanol–water partition coefficient (Wildman–Crippen LogP) is 3.35. The molecule has 1 amide bonds. The average molecular weight is 338 g/mol. The summed E-state index contributed by atoms with van der Waals surface area (Å²) >= 11 is 1.15. The Morgan fingerprint density at radius 1 is 1.22 bits per heavy atom. The van der Waals surface area contributed by atoms with Gasteiger partial charge in [-0.2, -0.15) is 4.98 Å². The molecule has 0 N–H and O–H groups in total. The lowest BCUT2D eigenvalue weighted by molar-refractivity contribution is -0.134. The molecule has 0 unspecified atom stereocenters. The number of piperidine rings is 1. The summed E-state index contributed by atoms with van der Waals surface area (Å²) in [4.78, 5) is 18.0. The van der Waals surface area contributed by atoms with Crippen LogP contribution in [0.2, 0.25) is 0 Å². The van der Waals surface area contributed by atoms with Crippen LogP contribution in [0.15, 0.2) is 12.1 Å². The number of likely N-dealkylation sites (tertiary alicyclic amines) is 1. The third-order valence-corrected chi connectivity index (χ3v) is 5.23. The van der Waals surface area contributed by atoms with E-state index in [4.69, 9.17) is 4.74 Å². The first-order valence-corrected chi connectivity index (χ1v) is 8.63. The molecule has 2 aromatic rings. The lowest BCUT2D eigenvalue weighted by Gasteiger charge is -2.31. The molecular weight excluding hydrogens is 322 g/mol. The number of nitrogens with zero attached hydrogens (tertiary/aromatic N) is 2. The van der Waals surface area contributed by atoms with Crippen LogP contribution in [-0.2, 0) is 4.79 Å². The summed E-state index contributed by atoms with van der Waals surface area (Å²) in [5, 5.41) is 0.358. The number of hydrogen-bond acceptors (Lipinski definition) is 4. The summed E-state index contributed by atoms with van der Waals surface area (Å²) in [5.74, 6) is -0.774. The minimum Gasteiger partial charge on any atom is -0.467 e. The highest BCUT2D eigenvalue weighted by atomic mass is 32.1. The van der Waals surface area contributed by atoms with Crippen molar-refractivity contribution in [3.63, 3.8) is 0 Å². The number of thiazole rings is 1. The lowest BCUT2D eigenvalue weighted by Crippen LogP contribution is -2.42. The summed E-state index contributed by atoms with van der Waals surface area (Å²) in [6.45, 7) is 1.38. The number of aromatic nitrogens is 1. The molecule has 1 aromatic heterocycles. The first-order valence-electron chi connectivity index (χ1n) is 7.81. The smallest absolute Gasteiger partial charge is 0.274 e. The number of amides is 1. The zero-order valence-electron chi connectivity index (χ0n) is 12.4. The zero-order valence-corrected chi connectivity index (χ0v) is 13.2. The van der Waals surface area contributed by atoms with Crippen molar-refractivity contribution in [1.82, 2.24) is 9.88 Å². The zero-order chi connectivity index (χ0) is 16.0. The number of hydrogen-bond donors (Lipinski definition) is 0. The first kappa shape index (κ1) is 14.8. The third kappa shape index (κ3) is 3.02. The average Bonchev–Trinajstić information content (AvgIpc) is 3.29. The van der Waals surface area contributed by atoms with E-state index in [2.05, 4.69) is 4.98 Å². The van der Waals surface area contributed by atoms with Crippen molar-refractivity contribution >= 4 is 27.5 Å². The molecule has 1 saturated heterocycles. The molecule has 2 heterocycles. The van der Waals surface area contributed by atoms with E-state index in [9.17, 15) is 13.6 Å². The molecule has 1 aromatic carbocycles. The Bertz CT molecular complexity index is 752. The maximum Gasteiger partial charge on any atom is 0.274 e. The van der Waals surface area contributed by atoms with E-state index >= 15 is 0 Å². The Balaban J connectivity index is 1.41. The minimum absolute atomic E-state index is 0.0354. The predicted molar refractivity (Wildman–Crippen MR) is 82.5 cm³/mol. The fraction of sp³-hybridized carbons (Fsp3) is 0.500. The van der Waals surface area contributed by atoms with E-state index in [1.54, 1.807) is 0 Å². The van der Waals surface area contributed by atoms with Gasteiger partial charge in [0.05, 0.1) is 4.70 Å². The highest BCUT2D eigenvalue weighted by molar-refractivity contribution is 7.20. The second-order valence-electron chi connectivity index (χ2n) is 6.13. The van der Waals surface area contributed by atoms with Gasteiger partial charge >= 0.3 is 0 Å². The summed E-state index contributed by atoms with van der Waals surface area (Å²) in [6, 6.07) is 2.09. The highest BCUT2D eigenvalue weighted by Crippen LogP contribution is 2.34. The van der Waals surface area contributed by atoms with Crippen LogP contribution in [0, 0.1) is 17.6 Å². The second kappa shape index (κ2) is 5.70. The highest BCUT2D eigenvalue weighted by Gasteiger charge is 2.35. The molecule has 1 aliphatic carbocycles. The molecule has 0 atom stereocenters. The van der Waals surface area contributed by atoms with Gasteiger partial charge in [0.1, 0.15) is 17.4 Å². The van der Waals surface area contributed by atoms with Gasteiger partial charge in [-0.25, -0.2) is 8.78 Å². The van der Waals surface area contributed by atoms with E-state index in [0.717, 1.165) is 43.1 Å². The minimum atomic E-state index is -0.670. The van der Waals surface area contributed by atoms with Crippen LogP contribution < -0.4 is 4.74 Å². The van der Waals surface area contributed by atoms with E-state index in [1.165, 1.54) is 6.07 Å². The third-order valence-electron chi connectivity index (χ3n) is 4.34. The van der Waals surface area contributed by atoms with Crippen LogP contribution in [0.1, 0.15) is 25.7 Å². The molecule has 4 rings (SSSR count). The van der Waals surface area contributed by atoms with Gasteiger partial charge < -0.3 is 9.64 Å². The Hall–Kier alpha value is -1.76. The second-order valence-corrected chi connectivity index (χ2v) is 7.12. The van der Waals surface area contributed by atoms with Crippen molar-refractivity contribution in [2.75, 3.05) is 13.1 Å². The molecule has 122 valence electrons. The number of benzene rings is 1. The van der Waals surface area contributed by atoms with Crippen LogP contribution >= 0.6 is 11.3 Å².